The first-order chi connectivity index (χ1) is 8.95. The fourth-order valence-electron chi connectivity index (χ4n) is 2.37. The van der Waals surface area contributed by atoms with E-state index in [1.165, 1.54) is 0 Å². The van der Waals surface area contributed by atoms with Gasteiger partial charge in [-0.15, -0.1) is 0 Å². The van der Waals surface area contributed by atoms with Crippen LogP contribution in [0.25, 0.3) is 0 Å². The molecule has 2 heterocycles. The predicted molar refractivity (Wildman–Crippen MR) is 71.1 cm³/mol. The van der Waals surface area contributed by atoms with E-state index in [0.29, 0.717) is 17.9 Å². The Morgan fingerprint density at radius 2 is 2.00 bits per heavy atom. The highest BCUT2D eigenvalue weighted by molar-refractivity contribution is 5.31. The number of methoxy groups -OCH3 is 1. The molecule has 1 atom stereocenters. The molecule has 0 radical (unpaired) electrons. The summed E-state index contributed by atoms with van der Waals surface area (Å²) >= 11 is 0. The van der Waals surface area contributed by atoms with Crippen LogP contribution < -0.4 is 4.74 Å². The molecule has 0 fully saturated rings. The second kappa shape index (κ2) is 5.05. The minimum atomic E-state index is -0.663. The van der Waals surface area contributed by atoms with Crippen LogP contribution in [0.2, 0.25) is 0 Å². The van der Waals surface area contributed by atoms with Crippen LogP contribution in [0.3, 0.4) is 0 Å². The van der Waals surface area contributed by atoms with Crippen LogP contribution >= 0.6 is 0 Å². The van der Waals surface area contributed by atoms with Crippen molar-refractivity contribution in [3.8, 4) is 5.75 Å². The number of hydrogen-bond acceptors (Lipinski definition) is 4. The highest BCUT2D eigenvalue weighted by Gasteiger charge is 2.21. The van der Waals surface area contributed by atoms with E-state index in [9.17, 15) is 5.11 Å². The van der Waals surface area contributed by atoms with Gasteiger partial charge in [0.25, 0.3) is 0 Å². The van der Waals surface area contributed by atoms with Crippen molar-refractivity contribution in [1.82, 2.24) is 19.6 Å². The number of rotatable bonds is 4. The quantitative estimate of drug-likeness (QED) is 0.896. The van der Waals surface area contributed by atoms with Crippen LogP contribution in [0.15, 0.2) is 6.20 Å². The molecule has 0 spiro atoms. The topological polar surface area (TPSA) is 65.1 Å². The summed E-state index contributed by atoms with van der Waals surface area (Å²) in [4.78, 5) is 0. The van der Waals surface area contributed by atoms with Gasteiger partial charge in [-0.25, -0.2) is 0 Å². The van der Waals surface area contributed by atoms with E-state index >= 15 is 0 Å². The molecule has 0 amide bonds. The Morgan fingerprint density at radius 1 is 1.32 bits per heavy atom. The maximum Gasteiger partial charge on any atom is 0.162 e. The highest BCUT2D eigenvalue weighted by Crippen LogP contribution is 2.28. The molecule has 19 heavy (non-hydrogen) atoms. The van der Waals surface area contributed by atoms with Gasteiger partial charge in [-0.1, -0.05) is 0 Å². The second-order valence-corrected chi connectivity index (χ2v) is 4.71. The first-order valence-electron chi connectivity index (χ1n) is 6.18. The van der Waals surface area contributed by atoms with Crippen LogP contribution in [-0.4, -0.2) is 31.8 Å². The Kier molecular flexibility index (Phi) is 3.61. The van der Waals surface area contributed by atoms with Crippen molar-refractivity contribution in [2.45, 2.75) is 26.4 Å². The van der Waals surface area contributed by atoms with E-state index in [1.54, 1.807) is 25.0 Å². The standard InChI is InChI=1S/C13H20N4O2/c1-8-10(9(2)16(3)15-8)6-11(18)13-12(19-5)7-14-17(13)4/h7,11,18H,6H2,1-5H3. The third-order valence-corrected chi connectivity index (χ3v) is 3.54. The predicted octanol–water partition coefficient (Wildman–Crippen LogP) is 1.06. The van der Waals surface area contributed by atoms with Gasteiger partial charge in [-0.05, 0) is 19.4 Å². The van der Waals surface area contributed by atoms with Crippen LogP contribution in [0, 0.1) is 13.8 Å². The summed E-state index contributed by atoms with van der Waals surface area (Å²) in [5.41, 5.74) is 3.77. The number of aryl methyl sites for hydroxylation is 3. The maximum atomic E-state index is 10.4. The van der Waals surface area contributed by atoms with Gasteiger partial charge >= 0.3 is 0 Å². The largest absolute Gasteiger partial charge is 0.493 e. The summed E-state index contributed by atoms with van der Waals surface area (Å²) < 4.78 is 8.70. The minimum absolute atomic E-state index is 0.501. The zero-order chi connectivity index (χ0) is 14.2. The molecule has 0 bridgehead atoms. The Labute approximate surface area is 112 Å². The molecule has 0 saturated heterocycles. The third-order valence-electron chi connectivity index (χ3n) is 3.54. The zero-order valence-electron chi connectivity index (χ0n) is 12.0. The lowest BCUT2D eigenvalue weighted by Gasteiger charge is -2.13. The molecule has 2 aromatic heterocycles. The van der Waals surface area contributed by atoms with Crippen LogP contribution in [0.5, 0.6) is 5.75 Å². The SMILES string of the molecule is COc1cnn(C)c1C(O)Cc1c(C)nn(C)c1C. The zero-order valence-corrected chi connectivity index (χ0v) is 12.0. The molecule has 2 aromatic rings. The lowest BCUT2D eigenvalue weighted by atomic mass is 10.0. The van der Waals surface area contributed by atoms with Gasteiger partial charge in [0.15, 0.2) is 5.75 Å². The summed E-state index contributed by atoms with van der Waals surface area (Å²) in [7, 11) is 5.28. The van der Waals surface area contributed by atoms with E-state index in [4.69, 9.17) is 4.74 Å². The van der Waals surface area contributed by atoms with Crippen LogP contribution in [-0.2, 0) is 20.5 Å². The van der Waals surface area contributed by atoms with Crippen molar-refractivity contribution in [3.63, 3.8) is 0 Å². The first kappa shape index (κ1) is 13.6. The Morgan fingerprint density at radius 3 is 2.53 bits per heavy atom. The van der Waals surface area contributed by atoms with Gasteiger partial charge < -0.3 is 9.84 Å². The molecule has 1 N–H and O–H groups in total. The van der Waals surface area contributed by atoms with E-state index in [-0.39, 0.29) is 0 Å². The van der Waals surface area contributed by atoms with Crippen LogP contribution in [0.4, 0.5) is 0 Å². The lowest BCUT2D eigenvalue weighted by molar-refractivity contribution is 0.164. The van der Waals surface area contributed by atoms with E-state index < -0.39 is 6.10 Å². The minimum Gasteiger partial charge on any atom is -0.493 e. The van der Waals surface area contributed by atoms with Crippen molar-refractivity contribution < 1.29 is 9.84 Å². The molecule has 104 valence electrons. The molecule has 1 unspecified atom stereocenters. The molecule has 0 aliphatic heterocycles. The fraction of sp³-hybridized carbons (Fsp3) is 0.538. The van der Waals surface area contributed by atoms with Gasteiger partial charge in [0.1, 0.15) is 11.8 Å². The number of aliphatic hydroxyl groups is 1. The average Bonchev–Trinajstić information content (AvgIpc) is 2.85. The number of hydrogen-bond donors (Lipinski definition) is 1. The number of ether oxygens (including phenoxy) is 1. The van der Waals surface area contributed by atoms with Gasteiger partial charge in [0, 0.05) is 26.2 Å². The van der Waals surface area contributed by atoms with E-state index in [1.807, 2.05) is 25.6 Å². The molecule has 6 heteroatoms. The van der Waals surface area contributed by atoms with E-state index in [2.05, 4.69) is 10.2 Å². The number of aromatic nitrogens is 4. The molecular formula is C13H20N4O2. The van der Waals surface area contributed by atoms with Crippen molar-refractivity contribution in [2.24, 2.45) is 14.1 Å². The smallest absolute Gasteiger partial charge is 0.162 e. The molecule has 0 aliphatic rings. The Bertz CT molecular complexity index is 586. The van der Waals surface area contributed by atoms with Gasteiger partial charge in [-0.3, -0.25) is 9.36 Å². The second-order valence-electron chi connectivity index (χ2n) is 4.71. The molecule has 0 aliphatic carbocycles. The summed E-state index contributed by atoms with van der Waals surface area (Å²) in [5, 5.41) is 18.9. The normalized spacial score (nSPS) is 12.7. The van der Waals surface area contributed by atoms with Gasteiger partial charge in [-0.2, -0.15) is 10.2 Å². The molecule has 0 saturated carbocycles. The molecule has 0 aromatic carbocycles. The summed E-state index contributed by atoms with van der Waals surface area (Å²) in [6.07, 6.45) is 1.45. The summed E-state index contributed by atoms with van der Waals surface area (Å²) in [6, 6.07) is 0. The van der Waals surface area contributed by atoms with Gasteiger partial charge in [0.05, 0.1) is 19.0 Å². The number of aliphatic hydroxyl groups excluding tert-OH is 1. The lowest BCUT2D eigenvalue weighted by Crippen LogP contribution is -2.10. The van der Waals surface area contributed by atoms with Crippen molar-refractivity contribution in [1.29, 1.82) is 0 Å². The summed E-state index contributed by atoms with van der Waals surface area (Å²) in [6.45, 7) is 3.96. The van der Waals surface area contributed by atoms with Crippen molar-refractivity contribution >= 4 is 0 Å². The molecular weight excluding hydrogens is 244 g/mol. The van der Waals surface area contributed by atoms with Crippen LogP contribution in [0.1, 0.15) is 28.7 Å². The van der Waals surface area contributed by atoms with Crippen molar-refractivity contribution in [3.05, 3.63) is 28.8 Å². The third kappa shape index (κ3) is 2.35. The fourth-order valence-corrected chi connectivity index (χ4v) is 2.37. The first-order valence-corrected chi connectivity index (χ1v) is 6.18. The molecule has 2 rings (SSSR count). The van der Waals surface area contributed by atoms with E-state index in [0.717, 1.165) is 17.0 Å². The number of nitrogens with zero attached hydrogens (tertiary/aromatic N) is 4. The monoisotopic (exact) mass is 264 g/mol. The summed E-state index contributed by atoms with van der Waals surface area (Å²) in [5.74, 6) is 0.606. The van der Waals surface area contributed by atoms with Crippen molar-refractivity contribution in [2.75, 3.05) is 7.11 Å². The Balaban J connectivity index is 2.30. The average molecular weight is 264 g/mol. The Hall–Kier alpha value is -1.82. The molecule has 6 nitrogen and oxygen atoms in total. The van der Waals surface area contributed by atoms with Gasteiger partial charge in [0.2, 0.25) is 0 Å². The highest BCUT2D eigenvalue weighted by atomic mass is 16.5. The maximum absolute atomic E-state index is 10.4.